The van der Waals surface area contributed by atoms with Gasteiger partial charge in [0.25, 0.3) is 0 Å². The Kier molecular flexibility index (Phi) is 7.40. The summed E-state index contributed by atoms with van der Waals surface area (Å²) >= 11 is 3.54. The third-order valence-electron chi connectivity index (χ3n) is 5.21. The van der Waals surface area contributed by atoms with Crippen molar-refractivity contribution >= 4 is 38.6 Å². The van der Waals surface area contributed by atoms with E-state index in [1.165, 1.54) is 0 Å². The molecule has 170 valence electrons. The zero-order valence-electron chi connectivity index (χ0n) is 18.8. The number of amides is 1. The van der Waals surface area contributed by atoms with Crippen molar-refractivity contribution < 1.29 is 9.21 Å². The van der Waals surface area contributed by atoms with Crippen LogP contribution in [0.15, 0.2) is 75.8 Å². The number of para-hydroxylation sites is 1. The number of carbonyl (C=O) groups excluding carboxylic acids is 1. The van der Waals surface area contributed by atoms with E-state index in [0.29, 0.717) is 37.8 Å². The van der Waals surface area contributed by atoms with Crippen molar-refractivity contribution in [2.24, 2.45) is 5.92 Å². The number of anilines is 1. The summed E-state index contributed by atoms with van der Waals surface area (Å²) in [5, 5.41) is 3.94. The van der Waals surface area contributed by atoms with Crippen LogP contribution in [0, 0.1) is 5.92 Å². The Labute approximate surface area is 202 Å². The third-order valence-corrected chi connectivity index (χ3v) is 5.70. The molecule has 6 nitrogen and oxygen atoms in total. The van der Waals surface area contributed by atoms with E-state index < -0.39 is 0 Å². The number of rotatable bonds is 9. The van der Waals surface area contributed by atoms with Crippen LogP contribution in [0.3, 0.4) is 0 Å². The molecule has 2 aromatic carbocycles. The zero-order chi connectivity index (χ0) is 23.2. The molecule has 0 aliphatic carbocycles. The lowest BCUT2D eigenvalue weighted by atomic mass is 10.1. The second-order valence-corrected chi connectivity index (χ2v) is 9.26. The standard InChI is InChI=1S/C26H27BrN4O2/c1-18(2)16-28-24(32)12-13-31(17-21-9-6-14-33-21)26-22-10-3-4-11-23(22)29-25(30-26)19-7-5-8-20(27)15-19/h3-11,14-15,18H,12-13,16-17H2,1-2H3,(H,28,32). The summed E-state index contributed by atoms with van der Waals surface area (Å²) in [6.45, 7) is 5.84. The molecule has 0 aliphatic heterocycles. The minimum atomic E-state index is 0.0266. The largest absolute Gasteiger partial charge is 0.467 e. The Balaban J connectivity index is 1.72. The molecular formula is C26H27BrN4O2. The number of fused-ring (bicyclic) bond motifs is 1. The van der Waals surface area contributed by atoms with Gasteiger partial charge in [-0.2, -0.15) is 0 Å². The smallest absolute Gasteiger partial charge is 0.221 e. The monoisotopic (exact) mass is 506 g/mol. The molecule has 7 heteroatoms. The molecule has 0 unspecified atom stereocenters. The predicted octanol–water partition coefficient (Wildman–Crippen LogP) is 5.82. The fourth-order valence-electron chi connectivity index (χ4n) is 3.55. The number of halogens is 1. The van der Waals surface area contributed by atoms with E-state index in [9.17, 15) is 4.79 Å². The number of hydrogen-bond acceptors (Lipinski definition) is 5. The molecule has 2 heterocycles. The van der Waals surface area contributed by atoms with E-state index in [1.807, 2.05) is 60.7 Å². The molecule has 1 amide bonds. The Morgan fingerprint density at radius 3 is 2.70 bits per heavy atom. The van der Waals surface area contributed by atoms with Crippen LogP contribution in [0.4, 0.5) is 5.82 Å². The van der Waals surface area contributed by atoms with E-state index in [2.05, 4.69) is 40.0 Å². The van der Waals surface area contributed by atoms with E-state index >= 15 is 0 Å². The van der Waals surface area contributed by atoms with E-state index in [-0.39, 0.29) is 5.91 Å². The molecule has 0 spiro atoms. The molecule has 0 atom stereocenters. The molecular weight excluding hydrogens is 480 g/mol. The number of furan rings is 1. The molecule has 0 fully saturated rings. The van der Waals surface area contributed by atoms with E-state index in [4.69, 9.17) is 14.4 Å². The van der Waals surface area contributed by atoms with Crippen LogP contribution in [0.2, 0.25) is 0 Å². The van der Waals surface area contributed by atoms with Crippen molar-refractivity contribution in [3.8, 4) is 11.4 Å². The lowest BCUT2D eigenvalue weighted by Gasteiger charge is -2.24. The molecule has 4 aromatic rings. The number of nitrogens with one attached hydrogen (secondary N) is 1. The van der Waals surface area contributed by atoms with Gasteiger partial charge in [-0.05, 0) is 42.3 Å². The maximum Gasteiger partial charge on any atom is 0.221 e. The van der Waals surface area contributed by atoms with Crippen LogP contribution in [0.5, 0.6) is 0 Å². The summed E-state index contributed by atoms with van der Waals surface area (Å²) in [5.41, 5.74) is 1.77. The predicted molar refractivity (Wildman–Crippen MR) is 135 cm³/mol. The summed E-state index contributed by atoms with van der Waals surface area (Å²) < 4.78 is 6.59. The number of carbonyl (C=O) groups is 1. The molecule has 0 saturated heterocycles. The highest BCUT2D eigenvalue weighted by molar-refractivity contribution is 9.10. The first-order valence-electron chi connectivity index (χ1n) is 11.1. The molecule has 0 saturated carbocycles. The number of nitrogens with zero attached hydrogens (tertiary/aromatic N) is 3. The second kappa shape index (κ2) is 10.6. The molecule has 0 bridgehead atoms. The topological polar surface area (TPSA) is 71.3 Å². The Morgan fingerprint density at radius 2 is 1.94 bits per heavy atom. The van der Waals surface area contributed by atoms with Crippen LogP contribution in [0.25, 0.3) is 22.3 Å². The van der Waals surface area contributed by atoms with Crippen molar-refractivity contribution in [2.45, 2.75) is 26.8 Å². The van der Waals surface area contributed by atoms with Crippen molar-refractivity contribution in [2.75, 3.05) is 18.0 Å². The van der Waals surface area contributed by atoms with Crippen molar-refractivity contribution in [1.82, 2.24) is 15.3 Å². The molecule has 1 N–H and O–H groups in total. The average Bonchev–Trinajstić information content (AvgIpc) is 3.33. The maximum atomic E-state index is 12.5. The fourth-order valence-corrected chi connectivity index (χ4v) is 3.95. The Bertz CT molecular complexity index is 1220. The number of aromatic nitrogens is 2. The first-order valence-corrected chi connectivity index (χ1v) is 11.9. The Hall–Kier alpha value is -3.19. The van der Waals surface area contributed by atoms with Gasteiger partial charge in [-0.25, -0.2) is 9.97 Å². The highest BCUT2D eigenvalue weighted by Crippen LogP contribution is 2.29. The van der Waals surface area contributed by atoms with Crippen LogP contribution in [0.1, 0.15) is 26.0 Å². The van der Waals surface area contributed by atoms with E-state index in [0.717, 1.165) is 32.5 Å². The molecule has 0 radical (unpaired) electrons. The van der Waals surface area contributed by atoms with Crippen LogP contribution in [-0.2, 0) is 11.3 Å². The van der Waals surface area contributed by atoms with Crippen molar-refractivity contribution in [3.05, 3.63) is 77.2 Å². The first kappa shape index (κ1) is 23.0. The summed E-state index contributed by atoms with van der Waals surface area (Å²) in [6.07, 6.45) is 2.02. The fraction of sp³-hybridized carbons (Fsp3) is 0.269. The van der Waals surface area contributed by atoms with Gasteiger partial charge in [0.1, 0.15) is 11.6 Å². The first-order chi connectivity index (χ1) is 16.0. The third kappa shape index (κ3) is 5.99. The average molecular weight is 507 g/mol. The molecule has 33 heavy (non-hydrogen) atoms. The van der Waals surface area contributed by atoms with Gasteiger partial charge in [-0.1, -0.05) is 54.0 Å². The normalized spacial score (nSPS) is 11.2. The van der Waals surface area contributed by atoms with Crippen LogP contribution < -0.4 is 10.2 Å². The molecule has 2 aromatic heterocycles. The van der Waals surface area contributed by atoms with Gasteiger partial charge in [0.2, 0.25) is 5.91 Å². The number of benzene rings is 2. The summed E-state index contributed by atoms with van der Waals surface area (Å²) in [4.78, 5) is 24.3. The minimum Gasteiger partial charge on any atom is -0.467 e. The lowest BCUT2D eigenvalue weighted by molar-refractivity contribution is -0.121. The van der Waals surface area contributed by atoms with Crippen molar-refractivity contribution in [1.29, 1.82) is 0 Å². The summed E-state index contributed by atoms with van der Waals surface area (Å²) in [6, 6.07) is 19.7. The summed E-state index contributed by atoms with van der Waals surface area (Å²) in [7, 11) is 0. The van der Waals surface area contributed by atoms with Gasteiger partial charge in [0.05, 0.1) is 18.3 Å². The highest BCUT2D eigenvalue weighted by atomic mass is 79.9. The van der Waals surface area contributed by atoms with Gasteiger partial charge >= 0.3 is 0 Å². The SMILES string of the molecule is CC(C)CNC(=O)CCN(Cc1ccco1)c1nc(-c2cccc(Br)c2)nc2ccccc12. The second-order valence-electron chi connectivity index (χ2n) is 8.35. The number of hydrogen-bond donors (Lipinski definition) is 1. The van der Waals surface area contributed by atoms with Crippen molar-refractivity contribution in [3.63, 3.8) is 0 Å². The van der Waals surface area contributed by atoms with Gasteiger partial charge in [0.15, 0.2) is 5.82 Å². The lowest BCUT2D eigenvalue weighted by Crippen LogP contribution is -2.33. The van der Waals surface area contributed by atoms with Gasteiger partial charge in [-0.15, -0.1) is 0 Å². The zero-order valence-corrected chi connectivity index (χ0v) is 20.4. The minimum absolute atomic E-state index is 0.0266. The molecule has 0 aliphatic rings. The van der Waals surface area contributed by atoms with Crippen LogP contribution >= 0.6 is 15.9 Å². The maximum absolute atomic E-state index is 12.5. The quantitative estimate of drug-likeness (QED) is 0.309. The van der Waals surface area contributed by atoms with Gasteiger partial charge in [0, 0.05) is 34.9 Å². The van der Waals surface area contributed by atoms with E-state index in [1.54, 1.807) is 6.26 Å². The van der Waals surface area contributed by atoms with Gasteiger partial charge in [-0.3, -0.25) is 4.79 Å². The van der Waals surface area contributed by atoms with Crippen LogP contribution in [-0.4, -0.2) is 29.0 Å². The summed E-state index contributed by atoms with van der Waals surface area (Å²) in [5.74, 6) is 2.66. The van der Waals surface area contributed by atoms with Gasteiger partial charge < -0.3 is 14.6 Å². The highest BCUT2D eigenvalue weighted by Gasteiger charge is 2.18. The Morgan fingerprint density at radius 1 is 1.09 bits per heavy atom. The molecule has 4 rings (SSSR count).